The van der Waals surface area contributed by atoms with Gasteiger partial charge >= 0.3 is 0 Å². The van der Waals surface area contributed by atoms with Crippen molar-refractivity contribution in [1.29, 1.82) is 0 Å². The molecule has 2 aromatic rings. The molecule has 2 aromatic carbocycles. The summed E-state index contributed by atoms with van der Waals surface area (Å²) in [6.45, 7) is 0.525. The van der Waals surface area contributed by atoms with Crippen molar-refractivity contribution < 1.29 is 14.5 Å². The summed E-state index contributed by atoms with van der Waals surface area (Å²) >= 11 is 1.77. The molecular formula is C20H22O3S. The summed E-state index contributed by atoms with van der Waals surface area (Å²) in [6.07, 6.45) is 4.12. The van der Waals surface area contributed by atoms with Crippen LogP contribution in [-0.4, -0.2) is 18.1 Å². The molecule has 4 rings (SSSR count). The SMILES string of the molecule is c1ccc(SCC2(c3ccccc3)COC3(CCCC3)OO2)cc1. The quantitative estimate of drug-likeness (QED) is 0.582. The lowest BCUT2D eigenvalue weighted by molar-refractivity contribution is -0.511. The molecule has 24 heavy (non-hydrogen) atoms. The third-order valence-corrected chi connectivity index (χ3v) is 6.02. The molecule has 2 aliphatic rings. The molecule has 2 fully saturated rings. The fourth-order valence-electron chi connectivity index (χ4n) is 3.33. The topological polar surface area (TPSA) is 27.7 Å². The minimum absolute atomic E-state index is 0.518. The maximum absolute atomic E-state index is 6.22. The van der Waals surface area contributed by atoms with Crippen LogP contribution in [0.1, 0.15) is 31.2 Å². The summed E-state index contributed by atoms with van der Waals surface area (Å²) in [5, 5.41) is 0. The Morgan fingerprint density at radius 2 is 1.50 bits per heavy atom. The summed E-state index contributed by atoms with van der Waals surface area (Å²) < 4.78 is 6.22. The van der Waals surface area contributed by atoms with E-state index in [1.54, 1.807) is 11.8 Å². The van der Waals surface area contributed by atoms with E-state index in [1.807, 2.05) is 24.3 Å². The molecule has 0 radical (unpaired) electrons. The van der Waals surface area contributed by atoms with E-state index < -0.39 is 11.4 Å². The number of thioether (sulfide) groups is 1. The monoisotopic (exact) mass is 342 g/mol. The van der Waals surface area contributed by atoms with Gasteiger partial charge in [-0.05, 0) is 30.5 Å². The molecule has 0 amide bonds. The normalized spacial score (nSPS) is 25.8. The molecule has 1 heterocycles. The van der Waals surface area contributed by atoms with Crippen molar-refractivity contribution in [1.82, 2.24) is 0 Å². The van der Waals surface area contributed by atoms with Crippen molar-refractivity contribution in [2.45, 2.75) is 42.0 Å². The fourth-order valence-corrected chi connectivity index (χ4v) is 4.38. The average Bonchev–Trinajstić information content (AvgIpc) is 3.12. The second-order valence-electron chi connectivity index (χ2n) is 6.54. The third-order valence-electron chi connectivity index (χ3n) is 4.80. The Bertz CT molecular complexity index is 643. The minimum atomic E-state index is -0.574. The zero-order valence-electron chi connectivity index (χ0n) is 13.6. The first-order chi connectivity index (χ1) is 11.8. The molecule has 1 saturated carbocycles. The molecule has 1 saturated heterocycles. The number of rotatable bonds is 4. The van der Waals surface area contributed by atoms with Crippen LogP contribution >= 0.6 is 11.8 Å². The van der Waals surface area contributed by atoms with E-state index >= 15 is 0 Å². The lowest BCUT2D eigenvalue weighted by atomic mass is 9.96. The molecule has 1 spiro atoms. The van der Waals surface area contributed by atoms with Crippen molar-refractivity contribution in [3.05, 3.63) is 66.2 Å². The molecule has 1 aliphatic heterocycles. The summed E-state index contributed by atoms with van der Waals surface area (Å²) in [4.78, 5) is 13.1. The van der Waals surface area contributed by atoms with Crippen molar-refractivity contribution in [2.75, 3.05) is 12.4 Å². The van der Waals surface area contributed by atoms with Crippen LogP contribution in [0.25, 0.3) is 0 Å². The van der Waals surface area contributed by atoms with Gasteiger partial charge in [0.15, 0.2) is 5.60 Å². The Morgan fingerprint density at radius 3 is 2.12 bits per heavy atom. The van der Waals surface area contributed by atoms with E-state index in [4.69, 9.17) is 14.5 Å². The maximum atomic E-state index is 6.22. The molecule has 0 N–H and O–H groups in total. The van der Waals surface area contributed by atoms with Crippen LogP contribution < -0.4 is 0 Å². The van der Waals surface area contributed by atoms with Gasteiger partial charge in [-0.3, -0.25) is 0 Å². The van der Waals surface area contributed by atoms with Gasteiger partial charge in [-0.2, -0.15) is 0 Å². The molecule has 1 unspecified atom stereocenters. The largest absolute Gasteiger partial charge is 0.344 e. The molecular weight excluding hydrogens is 320 g/mol. The molecule has 126 valence electrons. The van der Waals surface area contributed by atoms with Crippen LogP contribution in [-0.2, 0) is 20.1 Å². The van der Waals surface area contributed by atoms with Crippen molar-refractivity contribution in [3.63, 3.8) is 0 Å². The number of ether oxygens (including phenoxy) is 1. The molecule has 1 atom stereocenters. The van der Waals surface area contributed by atoms with E-state index in [9.17, 15) is 0 Å². The van der Waals surface area contributed by atoms with E-state index in [0.29, 0.717) is 6.61 Å². The Balaban J connectivity index is 1.54. The van der Waals surface area contributed by atoms with Crippen LogP contribution in [0.5, 0.6) is 0 Å². The highest BCUT2D eigenvalue weighted by Gasteiger charge is 2.49. The number of hydrogen-bond acceptors (Lipinski definition) is 4. The summed E-state index contributed by atoms with van der Waals surface area (Å²) in [6, 6.07) is 20.6. The van der Waals surface area contributed by atoms with E-state index in [-0.39, 0.29) is 0 Å². The predicted molar refractivity (Wildman–Crippen MR) is 94.6 cm³/mol. The summed E-state index contributed by atoms with van der Waals surface area (Å²) in [5.74, 6) is 0.229. The Kier molecular flexibility index (Phi) is 4.63. The van der Waals surface area contributed by atoms with Crippen LogP contribution in [0, 0.1) is 0 Å². The minimum Gasteiger partial charge on any atom is -0.344 e. The van der Waals surface area contributed by atoms with Crippen LogP contribution in [0.2, 0.25) is 0 Å². The van der Waals surface area contributed by atoms with Crippen molar-refractivity contribution >= 4 is 11.8 Å². The predicted octanol–water partition coefficient (Wildman–Crippen LogP) is 4.92. The van der Waals surface area contributed by atoms with E-state index in [2.05, 4.69) is 36.4 Å². The second kappa shape index (κ2) is 6.89. The smallest absolute Gasteiger partial charge is 0.201 e. The Labute approximate surface area is 147 Å². The fraction of sp³-hybridized carbons (Fsp3) is 0.400. The second-order valence-corrected chi connectivity index (χ2v) is 7.58. The number of benzene rings is 2. The van der Waals surface area contributed by atoms with Crippen molar-refractivity contribution in [2.24, 2.45) is 0 Å². The zero-order valence-corrected chi connectivity index (χ0v) is 14.5. The van der Waals surface area contributed by atoms with Crippen molar-refractivity contribution in [3.8, 4) is 0 Å². The van der Waals surface area contributed by atoms with Gasteiger partial charge in [0, 0.05) is 23.5 Å². The average molecular weight is 342 g/mol. The highest BCUT2D eigenvalue weighted by molar-refractivity contribution is 7.99. The number of hydrogen-bond donors (Lipinski definition) is 0. The molecule has 0 aromatic heterocycles. The molecule has 0 bridgehead atoms. The Hall–Kier alpha value is -1.33. The van der Waals surface area contributed by atoms with Gasteiger partial charge in [0.1, 0.15) is 0 Å². The summed E-state index contributed by atoms with van der Waals surface area (Å²) in [7, 11) is 0. The van der Waals surface area contributed by atoms with Gasteiger partial charge in [-0.15, -0.1) is 11.8 Å². The molecule has 1 aliphatic carbocycles. The lowest BCUT2D eigenvalue weighted by Gasteiger charge is -2.43. The lowest BCUT2D eigenvalue weighted by Crippen LogP contribution is -2.50. The standard InChI is InChI=1S/C20H22O3S/c1-3-9-17(10-4-1)19(16-24-18-11-5-2-6-12-18)15-21-20(23-22-19)13-7-8-14-20/h1-6,9-12H,7-8,13-16H2. The first-order valence-corrected chi connectivity index (χ1v) is 9.53. The first kappa shape index (κ1) is 16.2. The van der Waals surface area contributed by atoms with Crippen LogP contribution in [0.4, 0.5) is 0 Å². The van der Waals surface area contributed by atoms with Crippen LogP contribution in [0.15, 0.2) is 65.6 Å². The van der Waals surface area contributed by atoms with Gasteiger partial charge in [-0.25, -0.2) is 9.78 Å². The highest BCUT2D eigenvalue weighted by atomic mass is 32.2. The maximum Gasteiger partial charge on any atom is 0.201 e. The van der Waals surface area contributed by atoms with E-state index in [1.165, 1.54) is 4.90 Å². The van der Waals surface area contributed by atoms with Gasteiger partial charge in [0.25, 0.3) is 0 Å². The van der Waals surface area contributed by atoms with Gasteiger partial charge in [0.2, 0.25) is 5.79 Å². The van der Waals surface area contributed by atoms with Gasteiger partial charge < -0.3 is 4.74 Å². The van der Waals surface area contributed by atoms with Gasteiger partial charge in [-0.1, -0.05) is 48.5 Å². The molecule has 3 nitrogen and oxygen atoms in total. The van der Waals surface area contributed by atoms with Crippen LogP contribution in [0.3, 0.4) is 0 Å². The molecule has 4 heteroatoms. The Morgan fingerprint density at radius 1 is 0.833 bits per heavy atom. The summed E-state index contributed by atoms with van der Waals surface area (Å²) in [5.41, 5.74) is 0.525. The highest BCUT2D eigenvalue weighted by Crippen LogP contribution is 2.44. The van der Waals surface area contributed by atoms with E-state index in [0.717, 1.165) is 37.0 Å². The zero-order chi connectivity index (χ0) is 16.3. The third kappa shape index (κ3) is 3.24. The van der Waals surface area contributed by atoms with Gasteiger partial charge in [0.05, 0.1) is 6.61 Å². The first-order valence-electron chi connectivity index (χ1n) is 8.55.